The fraction of sp³-hybridized carbons (Fsp3) is 0.310. The van der Waals surface area contributed by atoms with Gasteiger partial charge in [-0.25, -0.2) is 8.78 Å². The van der Waals surface area contributed by atoms with E-state index in [9.17, 15) is 18.4 Å². The van der Waals surface area contributed by atoms with E-state index in [1.807, 2.05) is 51.1 Å². The van der Waals surface area contributed by atoms with Gasteiger partial charge in [0.1, 0.15) is 17.7 Å². The van der Waals surface area contributed by atoms with Crippen LogP contribution in [-0.4, -0.2) is 34.0 Å². The summed E-state index contributed by atoms with van der Waals surface area (Å²) in [4.78, 5) is 28.6. The Bertz CT molecular complexity index is 1150. The van der Waals surface area contributed by atoms with Crippen LogP contribution in [0.5, 0.6) is 0 Å². The summed E-state index contributed by atoms with van der Waals surface area (Å²) in [5.74, 6) is -0.786. The number of carbonyl (C=O) groups excluding carboxylic acids is 2. The van der Waals surface area contributed by atoms with Gasteiger partial charge in [-0.3, -0.25) is 9.59 Å². The smallest absolute Gasteiger partial charge is 0.243 e. The molecule has 0 unspecified atom stereocenters. The molecule has 0 aromatic heterocycles. The highest BCUT2D eigenvalue weighted by Crippen LogP contribution is 2.20. The second-order valence-electron chi connectivity index (χ2n) is 9.68. The molecule has 1 atom stereocenters. The number of nitrogens with one attached hydrogen (secondary N) is 1. The van der Waals surface area contributed by atoms with Gasteiger partial charge < -0.3 is 10.2 Å². The lowest BCUT2D eigenvalue weighted by Gasteiger charge is -2.34. The Labute approximate surface area is 216 Å². The molecule has 0 spiro atoms. The van der Waals surface area contributed by atoms with E-state index in [1.54, 1.807) is 35.2 Å². The molecule has 7 heteroatoms. The summed E-state index contributed by atoms with van der Waals surface area (Å²) in [5.41, 5.74) is 1.66. The van der Waals surface area contributed by atoms with Gasteiger partial charge in [-0.15, -0.1) is 11.8 Å². The van der Waals surface area contributed by atoms with E-state index in [0.29, 0.717) is 23.3 Å². The standard InChI is InChI=1S/C29H32F2N2O2S/c1-29(2,3)32-28(35)26(17-21-9-5-4-6-10-21)33(18-22-13-15-24(30)16-14-22)27(34)20-36-19-23-11-7-8-12-25(23)31/h4-16,26H,17-20H2,1-3H3,(H,32,35)/t26-/m1/s1. The third-order valence-corrected chi connectivity index (χ3v) is 6.44. The van der Waals surface area contributed by atoms with Gasteiger partial charge in [0.2, 0.25) is 11.8 Å². The van der Waals surface area contributed by atoms with Gasteiger partial charge in [-0.05, 0) is 55.7 Å². The van der Waals surface area contributed by atoms with Gasteiger partial charge in [0.25, 0.3) is 0 Å². The lowest BCUT2D eigenvalue weighted by atomic mass is 10.0. The summed E-state index contributed by atoms with van der Waals surface area (Å²) >= 11 is 1.30. The van der Waals surface area contributed by atoms with E-state index < -0.39 is 11.6 Å². The maximum atomic E-state index is 14.0. The number of carbonyl (C=O) groups is 2. The van der Waals surface area contributed by atoms with Crippen molar-refractivity contribution in [1.82, 2.24) is 10.2 Å². The Balaban J connectivity index is 1.87. The van der Waals surface area contributed by atoms with Crippen molar-refractivity contribution in [3.63, 3.8) is 0 Å². The van der Waals surface area contributed by atoms with Crippen LogP contribution in [0.3, 0.4) is 0 Å². The van der Waals surface area contributed by atoms with Gasteiger partial charge in [0.15, 0.2) is 0 Å². The molecule has 3 rings (SSSR count). The topological polar surface area (TPSA) is 49.4 Å². The number of rotatable bonds is 10. The van der Waals surface area contributed by atoms with Crippen molar-refractivity contribution in [2.45, 2.75) is 51.1 Å². The average molecular weight is 511 g/mol. The largest absolute Gasteiger partial charge is 0.350 e. The van der Waals surface area contributed by atoms with E-state index in [-0.39, 0.29) is 35.7 Å². The molecule has 2 amide bonds. The number of benzene rings is 3. The molecule has 0 fully saturated rings. The van der Waals surface area contributed by atoms with Crippen molar-refractivity contribution in [2.24, 2.45) is 0 Å². The first-order valence-corrected chi connectivity index (χ1v) is 13.0. The molecule has 1 N–H and O–H groups in total. The van der Waals surface area contributed by atoms with E-state index in [1.165, 1.54) is 30.0 Å². The van der Waals surface area contributed by atoms with Gasteiger partial charge >= 0.3 is 0 Å². The van der Waals surface area contributed by atoms with E-state index in [4.69, 9.17) is 0 Å². The summed E-state index contributed by atoms with van der Waals surface area (Å²) in [7, 11) is 0. The van der Waals surface area contributed by atoms with Crippen LogP contribution in [0.4, 0.5) is 8.78 Å². The zero-order valence-electron chi connectivity index (χ0n) is 20.8. The Hall–Kier alpha value is -3.19. The molecule has 0 aliphatic heterocycles. The van der Waals surface area contributed by atoms with Crippen molar-refractivity contribution in [1.29, 1.82) is 0 Å². The lowest BCUT2D eigenvalue weighted by Crippen LogP contribution is -2.54. The zero-order chi connectivity index (χ0) is 26.1. The Kier molecular flexibility index (Phi) is 9.65. The van der Waals surface area contributed by atoms with Crippen LogP contribution in [-0.2, 0) is 28.3 Å². The minimum Gasteiger partial charge on any atom is -0.350 e. The minimum absolute atomic E-state index is 0.0730. The number of hydrogen-bond acceptors (Lipinski definition) is 3. The van der Waals surface area contributed by atoms with Crippen LogP contribution in [0, 0.1) is 11.6 Å². The first-order valence-electron chi connectivity index (χ1n) is 11.8. The zero-order valence-corrected chi connectivity index (χ0v) is 21.7. The van der Waals surface area contributed by atoms with Crippen LogP contribution in [0.1, 0.15) is 37.5 Å². The van der Waals surface area contributed by atoms with Gasteiger partial charge in [-0.1, -0.05) is 60.7 Å². The van der Waals surface area contributed by atoms with Crippen LogP contribution >= 0.6 is 11.8 Å². The molecule has 0 heterocycles. The minimum atomic E-state index is -0.779. The predicted molar refractivity (Wildman–Crippen MR) is 141 cm³/mol. The molecule has 0 aliphatic rings. The van der Waals surface area contributed by atoms with Crippen molar-refractivity contribution in [3.8, 4) is 0 Å². The molecule has 36 heavy (non-hydrogen) atoms. The Morgan fingerprint density at radius 2 is 1.53 bits per heavy atom. The fourth-order valence-corrected chi connectivity index (χ4v) is 4.64. The van der Waals surface area contributed by atoms with Crippen LogP contribution in [0.15, 0.2) is 78.9 Å². The average Bonchev–Trinajstić information content (AvgIpc) is 2.83. The fourth-order valence-electron chi connectivity index (χ4n) is 3.74. The molecular weight excluding hydrogens is 478 g/mol. The van der Waals surface area contributed by atoms with Gasteiger partial charge in [-0.2, -0.15) is 0 Å². The van der Waals surface area contributed by atoms with Crippen LogP contribution in [0.25, 0.3) is 0 Å². The molecule has 3 aromatic rings. The van der Waals surface area contributed by atoms with E-state index >= 15 is 0 Å². The van der Waals surface area contributed by atoms with Crippen molar-refractivity contribution >= 4 is 23.6 Å². The second-order valence-corrected chi connectivity index (χ2v) is 10.7. The Morgan fingerprint density at radius 1 is 0.889 bits per heavy atom. The molecule has 0 radical (unpaired) electrons. The highest BCUT2D eigenvalue weighted by atomic mass is 32.2. The maximum Gasteiger partial charge on any atom is 0.243 e. The molecule has 0 saturated heterocycles. The number of amides is 2. The summed E-state index contributed by atoms with van der Waals surface area (Å²) < 4.78 is 27.6. The summed E-state index contributed by atoms with van der Waals surface area (Å²) in [5, 5.41) is 3.01. The number of hydrogen-bond donors (Lipinski definition) is 1. The lowest BCUT2D eigenvalue weighted by molar-refractivity contribution is -0.140. The SMILES string of the molecule is CC(C)(C)NC(=O)[C@@H](Cc1ccccc1)N(Cc1ccc(F)cc1)C(=O)CSCc1ccccc1F. The highest BCUT2D eigenvalue weighted by Gasteiger charge is 2.32. The van der Waals surface area contributed by atoms with Crippen molar-refractivity contribution < 1.29 is 18.4 Å². The van der Waals surface area contributed by atoms with Crippen LogP contribution < -0.4 is 5.32 Å². The number of halogens is 2. The second kappa shape index (κ2) is 12.7. The quantitative estimate of drug-likeness (QED) is 0.378. The predicted octanol–water partition coefficient (Wildman–Crippen LogP) is 5.75. The summed E-state index contributed by atoms with van der Waals surface area (Å²) in [6, 6.07) is 21.1. The first kappa shape index (κ1) is 27.4. The molecular formula is C29H32F2N2O2S. The molecule has 0 bridgehead atoms. The highest BCUT2D eigenvalue weighted by molar-refractivity contribution is 7.99. The van der Waals surface area contributed by atoms with E-state index in [0.717, 1.165) is 5.56 Å². The summed E-state index contributed by atoms with van der Waals surface area (Å²) in [6.45, 7) is 5.82. The third-order valence-electron chi connectivity index (χ3n) is 5.48. The number of thioether (sulfide) groups is 1. The van der Waals surface area contributed by atoms with Gasteiger partial charge in [0, 0.05) is 24.3 Å². The number of nitrogens with zero attached hydrogens (tertiary/aromatic N) is 1. The van der Waals surface area contributed by atoms with Crippen LogP contribution in [0.2, 0.25) is 0 Å². The summed E-state index contributed by atoms with van der Waals surface area (Å²) in [6.07, 6.45) is 0.327. The van der Waals surface area contributed by atoms with E-state index in [2.05, 4.69) is 5.32 Å². The molecule has 3 aromatic carbocycles. The van der Waals surface area contributed by atoms with Crippen molar-refractivity contribution in [2.75, 3.05) is 5.75 Å². The normalized spacial score (nSPS) is 12.1. The molecule has 4 nitrogen and oxygen atoms in total. The monoisotopic (exact) mass is 510 g/mol. The maximum absolute atomic E-state index is 14.0. The first-order chi connectivity index (χ1) is 17.1. The Morgan fingerprint density at radius 3 is 2.17 bits per heavy atom. The third kappa shape index (κ3) is 8.48. The van der Waals surface area contributed by atoms with Gasteiger partial charge in [0.05, 0.1) is 5.75 Å². The molecule has 0 saturated carbocycles. The molecule has 190 valence electrons. The molecule has 0 aliphatic carbocycles. The van der Waals surface area contributed by atoms with Crippen molar-refractivity contribution in [3.05, 3.63) is 107 Å².